The molecule has 0 bridgehead atoms. The van der Waals surface area contributed by atoms with Gasteiger partial charge in [0.2, 0.25) is 0 Å². The second-order valence-electron chi connectivity index (χ2n) is 4.62. The molecule has 0 unspecified atom stereocenters. The summed E-state index contributed by atoms with van der Waals surface area (Å²) in [6.45, 7) is 1.33. The van der Waals surface area contributed by atoms with Gasteiger partial charge < -0.3 is 9.47 Å². The largest absolute Gasteiger partial charge is 0.497 e. The van der Waals surface area contributed by atoms with Crippen molar-refractivity contribution in [2.75, 3.05) is 7.11 Å². The molecular weight excluding hydrogens is 302 g/mol. The third kappa shape index (κ3) is 3.70. The maximum atomic E-state index is 12.1. The highest BCUT2D eigenvalue weighted by Crippen LogP contribution is 2.26. The van der Waals surface area contributed by atoms with Crippen LogP contribution < -0.4 is 9.47 Å². The number of nitrogens with zero attached hydrogens (tertiary/aromatic N) is 1. The quantitative estimate of drug-likeness (QED) is 0.277. The summed E-state index contributed by atoms with van der Waals surface area (Å²) in [7, 11) is 1.45. The van der Waals surface area contributed by atoms with E-state index in [0.717, 1.165) is 6.07 Å². The van der Waals surface area contributed by atoms with E-state index >= 15 is 0 Å². The number of carbonyl (C=O) groups is 2. The topological polar surface area (TPSA) is 95.7 Å². The van der Waals surface area contributed by atoms with E-state index in [1.807, 2.05) is 0 Å². The van der Waals surface area contributed by atoms with Gasteiger partial charge in [0.15, 0.2) is 5.78 Å². The monoisotopic (exact) mass is 315 g/mol. The Balaban J connectivity index is 2.32. The SMILES string of the molecule is COc1ccc(OC(=O)c2cccc([N+](=O)[O-])c2)c(C(C)=O)c1. The first-order valence-corrected chi connectivity index (χ1v) is 6.58. The number of Topliss-reactive ketones (excluding diaryl/α,β-unsaturated/α-hetero) is 1. The van der Waals surface area contributed by atoms with Crippen LogP contribution in [0, 0.1) is 10.1 Å². The minimum Gasteiger partial charge on any atom is -0.497 e. The second-order valence-corrected chi connectivity index (χ2v) is 4.62. The Morgan fingerprint density at radius 3 is 2.48 bits per heavy atom. The highest BCUT2D eigenvalue weighted by Gasteiger charge is 2.17. The number of esters is 1. The van der Waals surface area contributed by atoms with E-state index < -0.39 is 10.9 Å². The lowest BCUT2D eigenvalue weighted by Crippen LogP contribution is -2.11. The van der Waals surface area contributed by atoms with Crippen molar-refractivity contribution in [1.82, 2.24) is 0 Å². The van der Waals surface area contributed by atoms with Crippen LogP contribution in [0.3, 0.4) is 0 Å². The zero-order valence-electron chi connectivity index (χ0n) is 12.4. The van der Waals surface area contributed by atoms with E-state index in [0.29, 0.717) is 5.75 Å². The van der Waals surface area contributed by atoms with Crippen LogP contribution in [0.1, 0.15) is 27.6 Å². The van der Waals surface area contributed by atoms with Crippen molar-refractivity contribution in [3.63, 3.8) is 0 Å². The van der Waals surface area contributed by atoms with Crippen molar-refractivity contribution in [2.45, 2.75) is 6.92 Å². The Morgan fingerprint density at radius 1 is 1.13 bits per heavy atom. The standard InChI is InChI=1S/C16H13NO6/c1-10(18)14-9-13(22-2)6-7-15(14)23-16(19)11-4-3-5-12(8-11)17(20)21/h3-9H,1-2H3. The molecule has 0 N–H and O–H groups in total. The van der Waals surface area contributed by atoms with Crippen molar-refractivity contribution < 1.29 is 24.0 Å². The number of rotatable bonds is 5. The molecule has 7 nitrogen and oxygen atoms in total. The summed E-state index contributed by atoms with van der Waals surface area (Å²) >= 11 is 0. The van der Waals surface area contributed by atoms with E-state index in [2.05, 4.69) is 0 Å². The van der Waals surface area contributed by atoms with Crippen molar-refractivity contribution in [2.24, 2.45) is 0 Å². The zero-order chi connectivity index (χ0) is 17.0. The molecule has 0 heterocycles. The molecule has 0 spiro atoms. The molecule has 0 saturated carbocycles. The van der Waals surface area contributed by atoms with Crippen molar-refractivity contribution in [1.29, 1.82) is 0 Å². The number of nitro benzene ring substituents is 1. The maximum absolute atomic E-state index is 12.1. The minimum atomic E-state index is -0.790. The highest BCUT2D eigenvalue weighted by molar-refractivity contribution is 5.99. The number of non-ortho nitro benzene ring substituents is 1. The van der Waals surface area contributed by atoms with Gasteiger partial charge in [0.25, 0.3) is 5.69 Å². The average molecular weight is 315 g/mol. The third-order valence-electron chi connectivity index (χ3n) is 3.06. The molecule has 118 valence electrons. The van der Waals surface area contributed by atoms with Gasteiger partial charge >= 0.3 is 5.97 Å². The van der Waals surface area contributed by atoms with Crippen LogP contribution in [0.25, 0.3) is 0 Å². The number of carbonyl (C=O) groups excluding carboxylic acids is 2. The minimum absolute atomic E-state index is 0.0181. The fourth-order valence-electron chi connectivity index (χ4n) is 1.91. The predicted molar refractivity (Wildman–Crippen MR) is 81.1 cm³/mol. The van der Waals surface area contributed by atoms with E-state index in [1.165, 1.54) is 44.4 Å². The maximum Gasteiger partial charge on any atom is 0.343 e. The van der Waals surface area contributed by atoms with Gasteiger partial charge in [-0.25, -0.2) is 4.79 Å². The fourth-order valence-corrected chi connectivity index (χ4v) is 1.91. The molecule has 0 radical (unpaired) electrons. The molecule has 7 heteroatoms. The van der Waals surface area contributed by atoms with E-state index in [9.17, 15) is 19.7 Å². The van der Waals surface area contributed by atoms with Crippen molar-refractivity contribution in [3.8, 4) is 11.5 Å². The number of ketones is 1. The number of benzene rings is 2. The molecule has 0 aromatic heterocycles. The Kier molecular flexibility index (Phi) is 4.70. The second kappa shape index (κ2) is 6.69. The fraction of sp³-hybridized carbons (Fsp3) is 0.125. The van der Waals surface area contributed by atoms with Crippen LogP contribution in [0.5, 0.6) is 11.5 Å². The Hall–Kier alpha value is -3.22. The molecule has 2 aromatic rings. The molecule has 0 aliphatic carbocycles. The van der Waals surface area contributed by atoms with Crippen LogP contribution >= 0.6 is 0 Å². The van der Waals surface area contributed by atoms with Gasteiger partial charge in [-0.1, -0.05) is 6.07 Å². The van der Waals surface area contributed by atoms with E-state index in [4.69, 9.17) is 9.47 Å². The summed E-state index contributed by atoms with van der Waals surface area (Å²) in [5, 5.41) is 10.7. The number of ether oxygens (including phenoxy) is 2. The van der Waals surface area contributed by atoms with E-state index in [-0.39, 0.29) is 28.3 Å². The van der Waals surface area contributed by atoms with Gasteiger partial charge in [-0.3, -0.25) is 14.9 Å². The van der Waals surface area contributed by atoms with Crippen LogP contribution in [0.4, 0.5) is 5.69 Å². The number of hydrogen-bond acceptors (Lipinski definition) is 6. The predicted octanol–water partition coefficient (Wildman–Crippen LogP) is 3.03. The summed E-state index contributed by atoms with van der Waals surface area (Å²) in [4.78, 5) is 33.9. The summed E-state index contributed by atoms with van der Waals surface area (Å²) in [6.07, 6.45) is 0. The smallest absolute Gasteiger partial charge is 0.343 e. The van der Waals surface area contributed by atoms with Crippen LogP contribution in [0.15, 0.2) is 42.5 Å². The molecule has 0 amide bonds. The van der Waals surface area contributed by atoms with Crippen LogP contribution in [0.2, 0.25) is 0 Å². The molecule has 0 fully saturated rings. The average Bonchev–Trinajstić information content (AvgIpc) is 2.55. The first kappa shape index (κ1) is 16.2. The lowest BCUT2D eigenvalue weighted by Gasteiger charge is -2.09. The molecule has 2 rings (SSSR count). The van der Waals surface area contributed by atoms with Gasteiger partial charge in [-0.05, 0) is 31.2 Å². The highest BCUT2D eigenvalue weighted by atomic mass is 16.6. The number of hydrogen-bond donors (Lipinski definition) is 0. The van der Waals surface area contributed by atoms with Crippen molar-refractivity contribution >= 4 is 17.4 Å². The van der Waals surface area contributed by atoms with Gasteiger partial charge in [0.05, 0.1) is 23.2 Å². The first-order valence-electron chi connectivity index (χ1n) is 6.58. The molecule has 2 aromatic carbocycles. The number of nitro groups is 1. The van der Waals surface area contributed by atoms with Crippen molar-refractivity contribution in [3.05, 3.63) is 63.7 Å². The lowest BCUT2D eigenvalue weighted by atomic mass is 10.1. The van der Waals surface area contributed by atoms with E-state index in [1.54, 1.807) is 6.07 Å². The zero-order valence-corrected chi connectivity index (χ0v) is 12.4. The molecule has 0 atom stereocenters. The summed E-state index contributed by atoms with van der Waals surface area (Å²) in [6, 6.07) is 9.59. The van der Waals surface area contributed by atoms with Crippen LogP contribution in [-0.2, 0) is 0 Å². The van der Waals surface area contributed by atoms with Crippen LogP contribution in [-0.4, -0.2) is 23.8 Å². The number of methoxy groups -OCH3 is 1. The van der Waals surface area contributed by atoms with Gasteiger partial charge in [0, 0.05) is 12.1 Å². The van der Waals surface area contributed by atoms with Gasteiger partial charge in [-0.2, -0.15) is 0 Å². The molecular formula is C16H13NO6. The first-order chi connectivity index (χ1) is 10.9. The molecule has 0 aliphatic heterocycles. The van der Waals surface area contributed by atoms with Gasteiger partial charge in [-0.15, -0.1) is 0 Å². The third-order valence-corrected chi connectivity index (χ3v) is 3.06. The summed E-state index contributed by atoms with van der Waals surface area (Å²) in [5.74, 6) is -0.577. The summed E-state index contributed by atoms with van der Waals surface area (Å²) < 4.78 is 10.2. The lowest BCUT2D eigenvalue weighted by molar-refractivity contribution is -0.384. The Bertz CT molecular complexity index is 784. The van der Waals surface area contributed by atoms with Gasteiger partial charge in [0.1, 0.15) is 11.5 Å². The molecule has 0 aliphatic rings. The summed E-state index contributed by atoms with van der Waals surface area (Å²) in [5.41, 5.74) is -0.0198. The normalized spacial score (nSPS) is 10.0. The molecule has 23 heavy (non-hydrogen) atoms. The Labute approximate surface area is 131 Å². The Morgan fingerprint density at radius 2 is 1.87 bits per heavy atom. The molecule has 0 saturated heterocycles.